The fraction of sp³-hybridized carbons (Fsp3) is 0.167. The van der Waals surface area contributed by atoms with Gasteiger partial charge in [-0.3, -0.25) is 15.1 Å². The Kier molecular flexibility index (Phi) is 4.39. The molecule has 0 saturated carbocycles. The van der Waals surface area contributed by atoms with E-state index in [9.17, 15) is 4.79 Å². The minimum Gasteiger partial charge on any atom is -0.304 e. The van der Waals surface area contributed by atoms with Crippen molar-refractivity contribution in [3.8, 4) is 11.5 Å². The molecule has 0 fully saturated rings. The number of aromatic nitrogens is 6. The van der Waals surface area contributed by atoms with Crippen LogP contribution in [-0.2, 0) is 11.8 Å². The molecule has 0 unspecified atom stereocenters. The number of amides is 1. The number of nitrogens with one attached hydrogen (secondary N) is 1. The minimum absolute atomic E-state index is 0.163. The van der Waals surface area contributed by atoms with Crippen LogP contribution in [0, 0.1) is 0 Å². The van der Waals surface area contributed by atoms with E-state index in [4.69, 9.17) is 0 Å². The Bertz CT molecular complexity index is 757. The molecule has 1 amide bonds. The lowest BCUT2D eigenvalue weighted by Gasteiger charge is -2.03. The van der Waals surface area contributed by atoms with Crippen LogP contribution >= 0.6 is 23.1 Å². The maximum absolute atomic E-state index is 11.8. The van der Waals surface area contributed by atoms with Gasteiger partial charge in [-0.05, 0) is 12.1 Å². The first-order valence-electron chi connectivity index (χ1n) is 6.23. The third-order valence-corrected chi connectivity index (χ3v) is 4.29. The van der Waals surface area contributed by atoms with Gasteiger partial charge in [-0.25, -0.2) is 0 Å². The molecule has 0 atom stereocenters. The van der Waals surface area contributed by atoms with Crippen LogP contribution in [0.15, 0.2) is 35.1 Å². The monoisotopic (exact) mass is 333 g/mol. The average Bonchev–Trinajstić information content (AvgIpc) is 3.16. The van der Waals surface area contributed by atoms with Crippen LogP contribution in [0.3, 0.4) is 0 Å². The Morgan fingerprint density at radius 3 is 3.00 bits per heavy atom. The van der Waals surface area contributed by atoms with Gasteiger partial charge in [0.15, 0.2) is 11.0 Å². The van der Waals surface area contributed by atoms with Crippen molar-refractivity contribution < 1.29 is 4.79 Å². The first-order valence-corrected chi connectivity index (χ1v) is 8.10. The molecule has 0 bridgehead atoms. The van der Waals surface area contributed by atoms with Gasteiger partial charge in [0.1, 0.15) is 11.2 Å². The predicted molar refractivity (Wildman–Crippen MR) is 83.5 cm³/mol. The summed E-state index contributed by atoms with van der Waals surface area (Å²) in [5, 5.41) is 19.4. The third kappa shape index (κ3) is 3.28. The van der Waals surface area contributed by atoms with Crippen LogP contribution in [0.25, 0.3) is 11.5 Å². The molecule has 112 valence electrons. The summed E-state index contributed by atoms with van der Waals surface area (Å²) in [6.07, 6.45) is 1.70. The van der Waals surface area contributed by atoms with Gasteiger partial charge in [-0.1, -0.05) is 29.2 Å². The molecule has 10 heteroatoms. The zero-order chi connectivity index (χ0) is 15.4. The Morgan fingerprint density at radius 1 is 1.36 bits per heavy atom. The molecule has 0 aliphatic carbocycles. The highest BCUT2D eigenvalue weighted by molar-refractivity contribution is 7.99. The number of carbonyl (C=O) groups is 1. The molecule has 0 radical (unpaired) electrons. The van der Waals surface area contributed by atoms with Gasteiger partial charge < -0.3 is 4.57 Å². The summed E-state index contributed by atoms with van der Waals surface area (Å²) in [4.78, 5) is 16.1. The molecule has 0 spiro atoms. The Balaban J connectivity index is 1.64. The van der Waals surface area contributed by atoms with E-state index < -0.39 is 0 Å². The molecule has 0 aliphatic heterocycles. The summed E-state index contributed by atoms with van der Waals surface area (Å²) < 4.78 is 1.81. The molecule has 8 nitrogen and oxygen atoms in total. The second-order valence-electron chi connectivity index (χ2n) is 4.16. The fourth-order valence-electron chi connectivity index (χ4n) is 1.67. The van der Waals surface area contributed by atoms with E-state index in [1.165, 1.54) is 23.1 Å². The molecule has 0 aromatic carbocycles. The van der Waals surface area contributed by atoms with E-state index in [2.05, 4.69) is 30.7 Å². The molecule has 0 aliphatic rings. The number of hydrogen-bond donors (Lipinski definition) is 1. The van der Waals surface area contributed by atoms with Crippen LogP contribution in [-0.4, -0.2) is 41.6 Å². The summed E-state index contributed by atoms with van der Waals surface area (Å²) in [5.41, 5.74) is 2.30. The average molecular weight is 333 g/mol. The van der Waals surface area contributed by atoms with Gasteiger partial charge >= 0.3 is 0 Å². The number of thioether (sulfide) groups is 1. The van der Waals surface area contributed by atoms with E-state index in [1.54, 1.807) is 11.7 Å². The van der Waals surface area contributed by atoms with E-state index >= 15 is 0 Å². The van der Waals surface area contributed by atoms with Gasteiger partial charge in [0.05, 0.1) is 5.75 Å². The van der Waals surface area contributed by atoms with Gasteiger partial charge in [-0.15, -0.1) is 20.4 Å². The van der Waals surface area contributed by atoms with Crippen LogP contribution < -0.4 is 5.32 Å². The summed E-state index contributed by atoms with van der Waals surface area (Å²) in [6.45, 7) is 0. The largest absolute Gasteiger partial charge is 0.304 e. The highest BCUT2D eigenvalue weighted by Crippen LogP contribution is 2.21. The molecule has 3 rings (SSSR count). The van der Waals surface area contributed by atoms with Crippen molar-refractivity contribution in [2.24, 2.45) is 7.05 Å². The Labute approximate surface area is 134 Å². The molecule has 3 aromatic rings. The summed E-state index contributed by atoms with van der Waals surface area (Å²) >= 11 is 2.57. The minimum atomic E-state index is -0.163. The summed E-state index contributed by atoms with van der Waals surface area (Å²) in [7, 11) is 1.84. The molecular formula is C12H11N7OS2. The molecular weight excluding hydrogens is 322 g/mol. The van der Waals surface area contributed by atoms with Crippen molar-refractivity contribution >= 4 is 34.1 Å². The maximum Gasteiger partial charge on any atom is 0.236 e. The van der Waals surface area contributed by atoms with Gasteiger partial charge in [0, 0.05) is 13.2 Å². The van der Waals surface area contributed by atoms with E-state index in [1.807, 2.05) is 29.8 Å². The number of nitrogens with zero attached hydrogens (tertiary/aromatic N) is 6. The lowest BCUT2D eigenvalue weighted by Crippen LogP contribution is -2.14. The van der Waals surface area contributed by atoms with Crippen molar-refractivity contribution in [3.63, 3.8) is 0 Å². The van der Waals surface area contributed by atoms with E-state index in [-0.39, 0.29) is 11.7 Å². The number of hydrogen-bond acceptors (Lipinski definition) is 8. The van der Waals surface area contributed by atoms with Crippen molar-refractivity contribution in [2.45, 2.75) is 5.16 Å². The highest BCUT2D eigenvalue weighted by atomic mass is 32.2. The molecule has 3 aromatic heterocycles. The lowest BCUT2D eigenvalue weighted by atomic mass is 10.3. The number of anilines is 1. The van der Waals surface area contributed by atoms with E-state index in [0.29, 0.717) is 16.1 Å². The molecule has 3 heterocycles. The second kappa shape index (κ2) is 6.62. The topological polar surface area (TPSA) is 98.5 Å². The van der Waals surface area contributed by atoms with Crippen LogP contribution in [0.4, 0.5) is 5.13 Å². The fourth-order valence-corrected chi connectivity index (χ4v) is 2.84. The van der Waals surface area contributed by atoms with Crippen LogP contribution in [0.1, 0.15) is 0 Å². The molecule has 1 N–H and O–H groups in total. The van der Waals surface area contributed by atoms with Gasteiger partial charge in [-0.2, -0.15) is 0 Å². The van der Waals surface area contributed by atoms with Gasteiger partial charge in [0.25, 0.3) is 0 Å². The van der Waals surface area contributed by atoms with Crippen LogP contribution in [0.5, 0.6) is 0 Å². The second-order valence-corrected chi connectivity index (χ2v) is 5.94. The lowest BCUT2D eigenvalue weighted by molar-refractivity contribution is -0.113. The predicted octanol–water partition coefficient (Wildman–Crippen LogP) is 1.46. The number of pyridine rings is 1. The zero-order valence-corrected chi connectivity index (χ0v) is 13.1. The van der Waals surface area contributed by atoms with Crippen LogP contribution in [0.2, 0.25) is 0 Å². The Morgan fingerprint density at radius 2 is 2.27 bits per heavy atom. The standard InChI is InChI=1S/C12H11N7OS2/c1-19-10(8-4-2-3-5-13-8)16-18-12(19)21-6-9(20)15-11-17-14-7-22-11/h2-5,7H,6H2,1H3,(H,15,17,20). The van der Waals surface area contributed by atoms with E-state index in [0.717, 1.165) is 5.69 Å². The number of rotatable bonds is 5. The maximum atomic E-state index is 11.8. The first-order chi connectivity index (χ1) is 10.7. The normalized spacial score (nSPS) is 10.6. The SMILES string of the molecule is Cn1c(SCC(=O)Nc2nncs2)nnc1-c1ccccn1. The summed E-state index contributed by atoms with van der Waals surface area (Å²) in [5.74, 6) is 0.713. The summed E-state index contributed by atoms with van der Waals surface area (Å²) in [6, 6.07) is 5.59. The molecule has 22 heavy (non-hydrogen) atoms. The van der Waals surface area contributed by atoms with Gasteiger partial charge in [0.2, 0.25) is 11.0 Å². The van der Waals surface area contributed by atoms with Crippen molar-refractivity contribution in [2.75, 3.05) is 11.1 Å². The van der Waals surface area contributed by atoms with Crippen molar-refractivity contribution in [1.82, 2.24) is 29.9 Å². The smallest absolute Gasteiger partial charge is 0.236 e. The quantitative estimate of drug-likeness (QED) is 0.706. The molecule has 0 saturated heterocycles. The highest BCUT2D eigenvalue weighted by Gasteiger charge is 2.14. The Hall–Kier alpha value is -2.33. The van der Waals surface area contributed by atoms with Crippen molar-refractivity contribution in [3.05, 3.63) is 29.9 Å². The zero-order valence-electron chi connectivity index (χ0n) is 11.5. The first kappa shape index (κ1) is 14.6. The van der Waals surface area contributed by atoms with Crippen molar-refractivity contribution in [1.29, 1.82) is 0 Å². The number of carbonyl (C=O) groups excluding carboxylic acids is 1. The third-order valence-electron chi connectivity index (χ3n) is 2.67.